The molecule has 2 atom stereocenters. The van der Waals surface area contributed by atoms with Gasteiger partial charge in [0.1, 0.15) is 0 Å². The highest BCUT2D eigenvalue weighted by atomic mass is 31.2. The van der Waals surface area contributed by atoms with Crippen LogP contribution in [0, 0.1) is 0 Å². The van der Waals surface area contributed by atoms with E-state index in [1.807, 2.05) is 6.08 Å². The lowest BCUT2D eigenvalue weighted by molar-refractivity contribution is 0.144. The predicted molar refractivity (Wildman–Crippen MR) is 102 cm³/mol. The molecule has 0 aromatic rings. The van der Waals surface area contributed by atoms with Gasteiger partial charge in [-0.25, -0.2) is 0 Å². The standard InChI is InChI=1S/C18H38NO4P/c1-2-3-4-5-6-7-8-9-10-11-12-13-14-15-18(20)17(19)16-23-24(21)22/h14-15,17-18,20-22H,2-13,16,19H2,1H3/b15-14+/t17?,18-/m1/s1. The van der Waals surface area contributed by atoms with Gasteiger partial charge in [-0.15, -0.1) is 0 Å². The fourth-order valence-electron chi connectivity index (χ4n) is 2.56. The molecule has 0 fully saturated rings. The van der Waals surface area contributed by atoms with Gasteiger partial charge in [0.2, 0.25) is 0 Å². The van der Waals surface area contributed by atoms with Crippen LogP contribution in [0.2, 0.25) is 0 Å². The van der Waals surface area contributed by atoms with Gasteiger partial charge >= 0.3 is 8.60 Å². The number of hydrogen-bond donors (Lipinski definition) is 4. The van der Waals surface area contributed by atoms with E-state index in [9.17, 15) is 5.11 Å². The molecular weight excluding hydrogens is 325 g/mol. The van der Waals surface area contributed by atoms with Crippen LogP contribution < -0.4 is 5.73 Å². The molecule has 5 N–H and O–H groups in total. The van der Waals surface area contributed by atoms with Crippen molar-refractivity contribution in [3.8, 4) is 0 Å². The van der Waals surface area contributed by atoms with Gasteiger partial charge < -0.3 is 25.2 Å². The third-order valence-corrected chi connectivity index (χ3v) is 4.51. The molecule has 0 bridgehead atoms. The van der Waals surface area contributed by atoms with Gasteiger partial charge in [0.05, 0.1) is 18.8 Å². The Morgan fingerprint density at radius 3 is 1.92 bits per heavy atom. The summed E-state index contributed by atoms with van der Waals surface area (Å²) < 4.78 is 4.60. The number of allylic oxidation sites excluding steroid dienone is 1. The van der Waals surface area contributed by atoms with Crippen molar-refractivity contribution in [2.45, 2.75) is 96.1 Å². The molecule has 0 heterocycles. The number of aliphatic hydroxyl groups excluding tert-OH is 1. The van der Waals surface area contributed by atoms with E-state index in [0.29, 0.717) is 0 Å². The molecule has 0 aromatic carbocycles. The van der Waals surface area contributed by atoms with Crippen molar-refractivity contribution in [3.05, 3.63) is 12.2 Å². The van der Waals surface area contributed by atoms with Crippen molar-refractivity contribution in [2.24, 2.45) is 5.73 Å². The first-order chi connectivity index (χ1) is 11.6. The highest BCUT2D eigenvalue weighted by Crippen LogP contribution is 2.24. The van der Waals surface area contributed by atoms with E-state index in [4.69, 9.17) is 15.5 Å². The Bertz CT molecular complexity index is 290. The van der Waals surface area contributed by atoms with E-state index in [-0.39, 0.29) is 6.61 Å². The lowest BCUT2D eigenvalue weighted by Gasteiger charge is -2.15. The predicted octanol–water partition coefficient (Wildman–Crippen LogP) is 4.16. The number of rotatable bonds is 17. The zero-order chi connectivity index (χ0) is 18.0. The average molecular weight is 363 g/mol. The summed E-state index contributed by atoms with van der Waals surface area (Å²) in [5.74, 6) is 0. The molecule has 0 rings (SSSR count). The fraction of sp³-hybridized carbons (Fsp3) is 0.889. The number of unbranched alkanes of at least 4 members (excludes halogenated alkanes) is 11. The Hall–Kier alpha value is -0.0300. The van der Waals surface area contributed by atoms with E-state index >= 15 is 0 Å². The van der Waals surface area contributed by atoms with Crippen molar-refractivity contribution < 1.29 is 19.4 Å². The Morgan fingerprint density at radius 2 is 1.42 bits per heavy atom. The first kappa shape index (κ1) is 24.0. The molecule has 5 nitrogen and oxygen atoms in total. The third-order valence-electron chi connectivity index (χ3n) is 4.13. The molecule has 6 heteroatoms. The smallest absolute Gasteiger partial charge is 0.327 e. The monoisotopic (exact) mass is 363 g/mol. The minimum absolute atomic E-state index is 0.0668. The van der Waals surface area contributed by atoms with Gasteiger partial charge in [0.25, 0.3) is 0 Å². The largest absolute Gasteiger partial charge is 0.387 e. The summed E-state index contributed by atoms with van der Waals surface area (Å²) in [4.78, 5) is 17.2. The minimum atomic E-state index is -2.40. The topological polar surface area (TPSA) is 95.9 Å². The summed E-state index contributed by atoms with van der Waals surface area (Å²) >= 11 is 0. The summed E-state index contributed by atoms with van der Waals surface area (Å²) in [6.45, 7) is 2.19. The number of hydrogen-bond acceptors (Lipinski definition) is 5. The molecule has 1 unspecified atom stereocenters. The van der Waals surface area contributed by atoms with Crippen molar-refractivity contribution >= 4 is 8.60 Å². The van der Waals surface area contributed by atoms with E-state index in [1.54, 1.807) is 6.08 Å². The Morgan fingerprint density at radius 1 is 0.917 bits per heavy atom. The van der Waals surface area contributed by atoms with E-state index in [0.717, 1.165) is 12.8 Å². The molecule has 0 saturated carbocycles. The highest BCUT2D eigenvalue weighted by molar-refractivity contribution is 7.39. The van der Waals surface area contributed by atoms with Crippen LogP contribution >= 0.6 is 8.60 Å². The van der Waals surface area contributed by atoms with Crippen LogP contribution in [-0.4, -0.2) is 33.6 Å². The first-order valence-electron chi connectivity index (χ1n) is 9.49. The summed E-state index contributed by atoms with van der Waals surface area (Å²) in [6, 6.07) is -0.636. The quantitative estimate of drug-likeness (QED) is 0.177. The third kappa shape index (κ3) is 16.8. The van der Waals surface area contributed by atoms with Crippen LogP contribution in [0.5, 0.6) is 0 Å². The maximum atomic E-state index is 9.76. The van der Waals surface area contributed by atoms with Gasteiger partial charge in [0, 0.05) is 0 Å². The number of aliphatic hydroxyl groups is 1. The molecule has 0 saturated heterocycles. The summed E-state index contributed by atoms with van der Waals surface area (Å²) in [7, 11) is -2.40. The molecule has 0 aromatic heterocycles. The van der Waals surface area contributed by atoms with Gasteiger partial charge in [0.15, 0.2) is 0 Å². The molecule has 0 aliphatic heterocycles. The molecular formula is C18H38NO4P. The van der Waals surface area contributed by atoms with Crippen LogP contribution in [0.3, 0.4) is 0 Å². The van der Waals surface area contributed by atoms with E-state index < -0.39 is 20.7 Å². The van der Waals surface area contributed by atoms with E-state index in [1.165, 1.54) is 64.2 Å². The first-order valence-corrected chi connectivity index (χ1v) is 10.7. The van der Waals surface area contributed by atoms with Crippen LogP contribution in [0.25, 0.3) is 0 Å². The molecule has 144 valence electrons. The Balaban J connectivity index is 3.36. The SMILES string of the molecule is CCCCCCCCCCCCC/C=C/[C@@H](O)C(N)COP(O)O. The summed E-state index contributed by atoms with van der Waals surface area (Å²) in [5.41, 5.74) is 5.67. The maximum Gasteiger partial charge on any atom is 0.327 e. The highest BCUT2D eigenvalue weighted by Gasteiger charge is 2.13. The van der Waals surface area contributed by atoms with Gasteiger partial charge in [-0.05, 0) is 12.8 Å². The minimum Gasteiger partial charge on any atom is -0.387 e. The second-order valence-electron chi connectivity index (χ2n) is 6.46. The maximum absolute atomic E-state index is 9.76. The van der Waals surface area contributed by atoms with Crippen LogP contribution in [0.4, 0.5) is 0 Å². The lowest BCUT2D eigenvalue weighted by atomic mass is 10.0. The molecule has 0 spiro atoms. The molecule has 0 radical (unpaired) electrons. The zero-order valence-corrected chi connectivity index (χ0v) is 16.2. The van der Waals surface area contributed by atoms with Crippen LogP contribution in [-0.2, 0) is 4.52 Å². The molecule has 0 amide bonds. The average Bonchev–Trinajstić information content (AvgIpc) is 2.56. The molecule has 24 heavy (non-hydrogen) atoms. The number of nitrogens with two attached hydrogens (primary N) is 1. The fourth-order valence-corrected chi connectivity index (χ4v) is 2.86. The van der Waals surface area contributed by atoms with Crippen molar-refractivity contribution in [3.63, 3.8) is 0 Å². The Kier molecular flexibility index (Phi) is 17.8. The van der Waals surface area contributed by atoms with Crippen molar-refractivity contribution in [2.75, 3.05) is 6.61 Å². The summed E-state index contributed by atoms with van der Waals surface area (Å²) in [5, 5.41) is 9.76. The molecule has 0 aliphatic carbocycles. The van der Waals surface area contributed by atoms with Gasteiger partial charge in [-0.3, -0.25) is 0 Å². The second kappa shape index (κ2) is 17.8. The van der Waals surface area contributed by atoms with Gasteiger partial charge in [-0.2, -0.15) is 0 Å². The van der Waals surface area contributed by atoms with E-state index in [2.05, 4.69) is 11.4 Å². The summed E-state index contributed by atoms with van der Waals surface area (Å²) in [6.07, 6.45) is 18.3. The van der Waals surface area contributed by atoms with Crippen LogP contribution in [0.1, 0.15) is 84.0 Å². The van der Waals surface area contributed by atoms with Crippen molar-refractivity contribution in [1.82, 2.24) is 0 Å². The zero-order valence-electron chi connectivity index (χ0n) is 15.3. The molecule has 0 aliphatic rings. The second-order valence-corrected chi connectivity index (χ2v) is 7.22. The van der Waals surface area contributed by atoms with Crippen LogP contribution in [0.15, 0.2) is 12.2 Å². The van der Waals surface area contributed by atoms with Crippen molar-refractivity contribution in [1.29, 1.82) is 0 Å². The Labute approximate surface area is 149 Å². The lowest BCUT2D eigenvalue weighted by Crippen LogP contribution is -2.37. The van der Waals surface area contributed by atoms with Gasteiger partial charge in [-0.1, -0.05) is 83.3 Å². The normalized spacial score (nSPS) is 14.6.